The largest absolute Gasteiger partial charge is 0.480 e. The van der Waals surface area contributed by atoms with Gasteiger partial charge in [0.25, 0.3) is 0 Å². The van der Waals surface area contributed by atoms with Gasteiger partial charge in [0.2, 0.25) is 0 Å². The van der Waals surface area contributed by atoms with Crippen LogP contribution in [0.5, 0.6) is 0 Å². The first-order valence-electron chi connectivity index (χ1n) is 9.33. The van der Waals surface area contributed by atoms with Crippen LogP contribution in [0.25, 0.3) is 11.1 Å². The van der Waals surface area contributed by atoms with Gasteiger partial charge in [-0.15, -0.1) is 11.3 Å². The second-order valence-corrected chi connectivity index (χ2v) is 8.04. The van der Waals surface area contributed by atoms with Gasteiger partial charge in [-0.3, -0.25) is 9.69 Å². The van der Waals surface area contributed by atoms with Crippen molar-refractivity contribution in [1.29, 1.82) is 0 Å². The lowest BCUT2D eigenvalue weighted by Crippen LogP contribution is -2.39. The Bertz CT molecular complexity index is 917. The van der Waals surface area contributed by atoms with E-state index in [1.165, 1.54) is 21.6 Å². The van der Waals surface area contributed by atoms with Crippen LogP contribution in [0.2, 0.25) is 0 Å². The molecule has 0 bridgehead atoms. The number of aryl methyl sites for hydroxylation is 1. The summed E-state index contributed by atoms with van der Waals surface area (Å²) < 4.78 is 0. The van der Waals surface area contributed by atoms with Crippen LogP contribution in [0.3, 0.4) is 0 Å². The van der Waals surface area contributed by atoms with Crippen molar-refractivity contribution in [1.82, 2.24) is 4.90 Å². The van der Waals surface area contributed by atoms with Crippen molar-refractivity contribution in [3.63, 3.8) is 0 Å². The third-order valence-electron chi connectivity index (χ3n) is 5.39. The zero-order valence-corrected chi connectivity index (χ0v) is 16.2. The number of hydrogen-bond donors (Lipinski definition) is 1. The maximum atomic E-state index is 11.8. The molecular weight excluding hydrogens is 354 g/mol. The third-order valence-corrected chi connectivity index (χ3v) is 6.47. The van der Waals surface area contributed by atoms with E-state index in [0.29, 0.717) is 0 Å². The van der Waals surface area contributed by atoms with Crippen LogP contribution >= 0.6 is 11.3 Å². The normalized spacial score (nSPS) is 18.5. The molecule has 0 spiro atoms. The van der Waals surface area contributed by atoms with Crippen LogP contribution in [0, 0.1) is 6.92 Å². The summed E-state index contributed by atoms with van der Waals surface area (Å²) in [6.07, 6.45) is 1.65. The maximum absolute atomic E-state index is 11.8. The van der Waals surface area contributed by atoms with E-state index in [2.05, 4.69) is 59.7 Å². The molecule has 2 heterocycles. The van der Waals surface area contributed by atoms with Crippen molar-refractivity contribution in [2.24, 2.45) is 0 Å². The molecule has 1 aromatic heterocycles. The SMILES string of the molecule is Cc1ccsc1C(c1ccc(-c2ccccc2)cc1)N1CCCC1C(=O)O. The maximum Gasteiger partial charge on any atom is 0.320 e. The molecule has 4 heteroatoms. The third kappa shape index (κ3) is 3.55. The number of likely N-dealkylation sites (tertiary alicyclic amines) is 1. The van der Waals surface area contributed by atoms with E-state index in [4.69, 9.17) is 0 Å². The van der Waals surface area contributed by atoms with E-state index in [9.17, 15) is 9.90 Å². The van der Waals surface area contributed by atoms with E-state index >= 15 is 0 Å². The molecule has 0 radical (unpaired) electrons. The minimum absolute atomic E-state index is 0.00146. The topological polar surface area (TPSA) is 40.5 Å². The number of thiophene rings is 1. The highest BCUT2D eigenvalue weighted by atomic mass is 32.1. The van der Waals surface area contributed by atoms with Crippen LogP contribution in [0.4, 0.5) is 0 Å². The lowest BCUT2D eigenvalue weighted by molar-refractivity contribution is -0.142. The van der Waals surface area contributed by atoms with Gasteiger partial charge < -0.3 is 5.11 Å². The molecule has 1 fully saturated rings. The molecule has 2 aromatic carbocycles. The second kappa shape index (κ2) is 7.67. The van der Waals surface area contributed by atoms with Gasteiger partial charge in [-0.2, -0.15) is 0 Å². The average Bonchev–Trinajstić information content (AvgIpc) is 3.34. The van der Waals surface area contributed by atoms with Crippen molar-refractivity contribution in [2.45, 2.75) is 31.8 Å². The number of rotatable bonds is 5. The molecule has 2 atom stereocenters. The molecule has 4 rings (SSSR count). The van der Waals surface area contributed by atoms with Crippen LogP contribution in [-0.4, -0.2) is 28.6 Å². The van der Waals surface area contributed by atoms with Crippen LogP contribution < -0.4 is 0 Å². The second-order valence-electron chi connectivity index (χ2n) is 7.09. The number of benzene rings is 2. The summed E-state index contributed by atoms with van der Waals surface area (Å²) in [5, 5.41) is 11.8. The molecule has 138 valence electrons. The highest BCUT2D eigenvalue weighted by Gasteiger charge is 2.37. The van der Waals surface area contributed by atoms with E-state index in [1.54, 1.807) is 11.3 Å². The summed E-state index contributed by atoms with van der Waals surface area (Å²) in [6, 6.07) is 20.6. The first-order valence-corrected chi connectivity index (χ1v) is 10.2. The molecule has 1 aliphatic heterocycles. The Morgan fingerprint density at radius 3 is 2.41 bits per heavy atom. The van der Waals surface area contributed by atoms with E-state index in [-0.39, 0.29) is 6.04 Å². The van der Waals surface area contributed by atoms with E-state index in [0.717, 1.165) is 24.9 Å². The summed E-state index contributed by atoms with van der Waals surface area (Å²) in [5.74, 6) is -0.715. The first-order chi connectivity index (χ1) is 13.1. The fourth-order valence-corrected chi connectivity index (χ4v) is 5.08. The first kappa shape index (κ1) is 18.0. The minimum atomic E-state index is -0.715. The number of carbonyl (C=O) groups is 1. The zero-order chi connectivity index (χ0) is 18.8. The minimum Gasteiger partial charge on any atom is -0.480 e. The standard InChI is InChI=1S/C23H23NO2S/c1-16-13-15-27-22(16)21(24-14-5-8-20(24)23(25)26)19-11-9-18(10-12-19)17-6-3-2-4-7-17/h2-4,6-7,9-13,15,20-21H,5,8,14H2,1H3,(H,25,26). The fraction of sp³-hybridized carbons (Fsp3) is 0.261. The van der Waals surface area contributed by atoms with Gasteiger partial charge in [-0.05, 0) is 53.5 Å². The summed E-state index contributed by atoms with van der Waals surface area (Å²) in [7, 11) is 0. The molecule has 0 aliphatic carbocycles. The number of nitrogens with zero attached hydrogens (tertiary/aromatic N) is 1. The summed E-state index contributed by atoms with van der Waals surface area (Å²) in [5.41, 5.74) is 4.76. The van der Waals surface area contributed by atoms with Gasteiger partial charge in [0.05, 0.1) is 6.04 Å². The van der Waals surface area contributed by atoms with E-state index in [1.807, 2.05) is 18.2 Å². The van der Waals surface area contributed by atoms with Gasteiger partial charge in [-0.25, -0.2) is 0 Å². The molecule has 3 aromatic rings. The molecule has 27 heavy (non-hydrogen) atoms. The number of carboxylic acid groups (broad SMARTS) is 1. The van der Waals surface area contributed by atoms with Crippen LogP contribution in [0.15, 0.2) is 66.0 Å². The quantitative estimate of drug-likeness (QED) is 0.650. The molecule has 1 N–H and O–H groups in total. The fourth-order valence-electron chi connectivity index (χ4n) is 4.01. The lowest BCUT2D eigenvalue weighted by atomic mass is 9.97. The predicted molar refractivity (Wildman–Crippen MR) is 110 cm³/mol. The van der Waals surface area contributed by atoms with Crippen LogP contribution in [-0.2, 0) is 4.79 Å². The summed E-state index contributed by atoms with van der Waals surface area (Å²) in [4.78, 5) is 15.2. The highest BCUT2D eigenvalue weighted by Crippen LogP contribution is 2.39. The van der Waals surface area contributed by atoms with Gasteiger partial charge in [0.1, 0.15) is 6.04 Å². The van der Waals surface area contributed by atoms with Gasteiger partial charge in [-0.1, -0.05) is 54.6 Å². The van der Waals surface area contributed by atoms with E-state index < -0.39 is 12.0 Å². The molecule has 2 unspecified atom stereocenters. The number of aliphatic carboxylic acids is 1. The van der Waals surface area contributed by atoms with Crippen molar-refractivity contribution < 1.29 is 9.90 Å². The molecule has 0 saturated carbocycles. The van der Waals surface area contributed by atoms with Gasteiger partial charge >= 0.3 is 5.97 Å². The van der Waals surface area contributed by atoms with Crippen molar-refractivity contribution >= 4 is 17.3 Å². The Labute approximate surface area is 163 Å². The Hall–Kier alpha value is -2.43. The summed E-state index contributed by atoms with van der Waals surface area (Å²) in [6.45, 7) is 2.93. The Kier molecular flexibility index (Phi) is 5.10. The Morgan fingerprint density at radius 2 is 1.78 bits per heavy atom. The molecule has 0 amide bonds. The van der Waals surface area contributed by atoms with Crippen molar-refractivity contribution in [3.8, 4) is 11.1 Å². The molecule has 3 nitrogen and oxygen atoms in total. The highest BCUT2D eigenvalue weighted by molar-refractivity contribution is 7.10. The summed E-state index contributed by atoms with van der Waals surface area (Å²) >= 11 is 1.72. The van der Waals surface area contributed by atoms with Crippen molar-refractivity contribution in [2.75, 3.05) is 6.54 Å². The van der Waals surface area contributed by atoms with Crippen LogP contribution in [0.1, 0.15) is 34.9 Å². The Balaban J connectivity index is 1.73. The monoisotopic (exact) mass is 377 g/mol. The predicted octanol–water partition coefficient (Wildman–Crippen LogP) is 5.36. The number of hydrogen-bond acceptors (Lipinski definition) is 3. The van der Waals surface area contributed by atoms with Crippen molar-refractivity contribution in [3.05, 3.63) is 82.0 Å². The molecular formula is C23H23NO2S. The molecule has 1 saturated heterocycles. The Morgan fingerprint density at radius 1 is 1.07 bits per heavy atom. The van der Waals surface area contributed by atoms with Gasteiger partial charge in [0.15, 0.2) is 0 Å². The van der Waals surface area contributed by atoms with Gasteiger partial charge in [0, 0.05) is 11.4 Å². The number of carboxylic acids is 1. The molecule has 1 aliphatic rings. The zero-order valence-electron chi connectivity index (χ0n) is 15.3. The lowest BCUT2D eigenvalue weighted by Gasteiger charge is -2.31. The average molecular weight is 378 g/mol. The smallest absolute Gasteiger partial charge is 0.320 e.